The van der Waals surface area contributed by atoms with Crippen LogP contribution in [0.25, 0.3) is 11.0 Å². The number of anilines is 1. The van der Waals surface area contributed by atoms with E-state index in [-0.39, 0.29) is 12.5 Å². The lowest BCUT2D eigenvalue weighted by atomic mass is 10.3. The Balaban J connectivity index is 1.78. The van der Waals surface area contributed by atoms with Gasteiger partial charge in [0.1, 0.15) is 6.54 Å². The van der Waals surface area contributed by atoms with Gasteiger partial charge in [-0.1, -0.05) is 12.1 Å². The van der Waals surface area contributed by atoms with E-state index >= 15 is 0 Å². The van der Waals surface area contributed by atoms with Crippen LogP contribution in [0.1, 0.15) is 0 Å². The number of nitrogens with zero attached hydrogens (tertiary/aromatic N) is 2. The van der Waals surface area contributed by atoms with E-state index in [4.69, 9.17) is 0 Å². The third-order valence-corrected chi connectivity index (χ3v) is 2.84. The maximum absolute atomic E-state index is 11.9. The molecule has 0 saturated carbocycles. The van der Waals surface area contributed by atoms with Crippen molar-refractivity contribution < 1.29 is 4.79 Å². The molecule has 8 nitrogen and oxygen atoms in total. The number of fused-ring (bicyclic) bond motifs is 1. The van der Waals surface area contributed by atoms with Gasteiger partial charge in [0.15, 0.2) is 0 Å². The molecule has 0 radical (unpaired) electrons. The van der Waals surface area contributed by atoms with Crippen LogP contribution < -0.4 is 16.4 Å². The second kappa shape index (κ2) is 5.08. The average molecular weight is 285 g/mol. The Morgan fingerprint density at radius 1 is 1.19 bits per heavy atom. The van der Waals surface area contributed by atoms with E-state index in [2.05, 4.69) is 20.4 Å². The van der Waals surface area contributed by atoms with Crippen LogP contribution in [0.5, 0.6) is 0 Å². The first-order valence-corrected chi connectivity index (χ1v) is 6.16. The van der Waals surface area contributed by atoms with Gasteiger partial charge in [0.2, 0.25) is 11.9 Å². The molecule has 0 saturated heterocycles. The van der Waals surface area contributed by atoms with Gasteiger partial charge in [-0.05, 0) is 12.1 Å². The lowest BCUT2D eigenvalue weighted by Crippen LogP contribution is -2.33. The number of carbonyl (C=O) groups excluding carboxylic acids is 1. The Bertz CT molecular complexity index is 888. The first-order valence-electron chi connectivity index (χ1n) is 6.16. The highest BCUT2D eigenvalue weighted by atomic mass is 16.2. The molecule has 3 N–H and O–H groups in total. The fourth-order valence-electron chi connectivity index (χ4n) is 1.91. The standard InChI is InChI=1S/C13H11N5O3/c19-10-5-6-12(21)18(17-10)7-11(20)16-13-14-8-3-1-2-4-9(8)15-13/h1-6H,7H2,(H,17,19)(H2,14,15,16,20). The molecule has 0 unspecified atom stereocenters. The highest BCUT2D eigenvalue weighted by Crippen LogP contribution is 2.12. The van der Waals surface area contributed by atoms with Crippen molar-refractivity contribution >= 4 is 22.9 Å². The van der Waals surface area contributed by atoms with Crippen LogP contribution in [0.4, 0.5) is 5.95 Å². The van der Waals surface area contributed by atoms with Crippen LogP contribution in [0.3, 0.4) is 0 Å². The summed E-state index contributed by atoms with van der Waals surface area (Å²) in [5, 5.41) is 4.82. The van der Waals surface area contributed by atoms with E-state index in [1.54, 1.807) is 6.07 Å². The summed E-state index contributed by atoms with van der Waals surface area (Å²) in [7, 11) is 0. The molecule has 0 spiro atoms. The number of hydrogen-bond donors (Lipinski definition) is 3. The number of rotatable bonds is 3. The average Bonchev–Trinajstić information content (AvgIpc) is 2.84. The molecule has 2 heterocycles. The lowest BCUT2D eigenvalue weighted by Gasteiger charge is -2.04. The second-order valence-electron chi connectivity index (χ2n) is 4.38. The number of para-hydroxylation sites is 2. The largest absolute Gasteiger partial charge is 0.324 e. The molecule has 106 valence electrons. The van der Waals surface area contributed by atoms with Gasteiger partial charge in [0.25, 0.3) is 11.1 Å². The molecule has 0 aliphatic heterocycles. The molecular weight excluding hydrogens is 274 g/mol. The van der Waals surface area contributed by atoms with Crippen molar-refractivity contribution in [1.29, 1.82) is 0 Å². The third kappa shape index (κ3) is 2.73. The van der Waals surface area contributed by atoms with Crippen molar-refractivity contribution in [3.63, 3.8) is 0 Å². The van der Waals surface area contributed by atoms with Crippen molar-refractivity contribution in [2.45, 2.75) is 6.54 Å². The number of nitrogens with one attached hydrogen (secondary N) is 3. The second-order valence-corrected chi connectivity index (χ2v) is 4.38. The van der Waals surface area contributed by atoms with Crippen molar-refractivity contribution in [2.75, 3.05) is 5.32 Å². The van der Waals surface area contributed by atoms with Gasteiger partial charge >= 0.3 is 0 Å². The molecule has 1 aromatic carbocycles. The summed E-state index contributed by atoms with van der Waals surface area (Å²) in [5.74, 6) is -0.189. The van der Waals surface area contributed by atoms with Crippen LogP contribution in [0, 0.1) is 0 Å². The van der Waals surface area contributed by atoms with E-state index in [1.165, 1.54) is 0 Å². The van der Waals surface area contributed by atoms with E-state index < -0.39 is 17.0 Å². The smallest absolute Gasteiger partial charge is 0.265 e. The Labute approximate surface area is 117 Å². The monoisotopic (exact) mass is 285 g/mol. The topological polar surface area (TPSA) is 113 Å². The van der Waals surface area contributed by atoms with Crippen LogP contribution in [0.15, 0.2) is 46.0 Å². The zero-order valence-corrected chi connectivity index (χ0v) is 10.8. The minimum absolute atomic E-state index is 0.285. The molecule has 3 aromatic rings. The predicted octanol–water partition coefficient (Wildman–Crippen LogP) is 0.0516. The molecule has 8 heteroatoms. The summed E-state index contributed by atoms with van der Waals surface area (Å²) in [6.07, 6.45) is 0. The Kier molecular flexibility index (Phi) is 3.11. The molecule has 2 aromatic heterocycles. The predicted molar refractivity (Wildman–Crippen MR) is 76.0 cm³/mol. The highest BCUT2D eigenvalue weighted by molar-refractivity contribution is 5.90. The fraction of sp³-hybridized carbons (Fsp3) is 0.0769. The van der Waals surface area contributed by atoms with Crippen molar-refractivity contribution in [1.82, 2.24) is 19.7 Å². The third-order valence-electron chi connectivity index (χ3n) is 2.84. The molecule has 0 atom stereocenters. The van der Waals surface area contributed by atoms with Gasteiger partial charge in [-0.15, -0.1) is 0 Å². The first kappa shape index (κ1) is 12.9. The normalized spacial score (nSPS) is 10.7. The van der Waals surface area contributed by atoms with E-state index in [9.17, 15) is 14.4 Å². The zero-order valence-electron chi connectivity index (χ0n) is 10.8. The molecule has 21 heavy (non-hydrogen) atoms. The van der Waals surface area contributed by atoms with Crippen molar-refractivity contribution in [3.8, 4) is 0 Å². The van der Waals surface area contributed by atoms with Crippen LogP contribution >= 0.6 is 0 Å². The van der Waals surface area contributed by atoms with Gasteiger partial charge in [-0.2, -0.15) is 0 Å². The summed E-state index contributed by atoms with van der Waals surface area (Å²) in [6.45, 7) is -0.300. The molecule has 0 bridgehead atoms. The number of aromatic nitrogens is 4. The molecule has 3 rings (SSSR count). The molecule has 1 amide bonds. The van der Waals surface area contributed by atoms with Crippen molar-refractivity contribution in [3.05, 3.63) is 57.1 Å². The Morgan fingerprint density at radius 2 is 2.00 bits per heavy atom. The number of benzene rings is 1. The Hall–Kier alpha value is -3.16. The zero-order chi connectivity index (χ0) is 14.8. The van der Waals surface area contributed by atoms with Crippen molar-refractivity contribution in [2.24, 2.45) is 0 Å². The first-order chi connectivity index (χ1) is 10.1. The quantitative estimate of drug-likeness (QED) is 0.631. The SMILES string of the molecule is O=C(Cn1[nH]c(=O)ccc1=O)Nc1nc2ccccc2[nH]1. The molecular formula is C13H11N5O3. The van der Waals surface area contributed by atoms with Gasteiger partial charge in [0, 0.05) is 12.1 Å². The Morgan fingerprint density at radius 3 is 2.81 bits per heavy atom. The molecule has 0 aliphatic rings. The highest BCUT2D eigenvalue weighted by Gasteiger charge is 2.08. The maximum atomic E-state index is 11.9. The molecule has 0 aliphatic carbocycles. The van der Waals surface area contributed by atoms with Crippen LogP contribution in [-0.2, 0) is 11.3 Å². The van der Waals surface area contributed by atoms with Crippen LogP contribution in [0.2, 0.25) is 0 Å². The number of amides is 1. The van der Waals surface area contributed by atoms with Gasteiger partial charge in [0.05, 0.1) is 11.0 Å². The minimum Gasteiger partial charge on any atom is -0.324 e. The van der Waals surface area contributed by atoms with E-state index in [0.717, 1.165) is 27.8 Å². The summed E-state index contributed by atoms with van der Waals surface area (Å²) in [5.41, 5.74) is 0.594. The number of imidazole rings is 1. The lowest BCUT2D eigenvalue weighted by molar-refractivity contribution is -0.117. The maximum Gasteiger partial charge on any atom is 0.265 e. The number of hydrogen-bond acceptors (Lipinski definition) is 4. The van der Waals surface area contributed by atoms with Gasteiger partial charge in [-0.25, -0.2) is 9.67 Å². The van der Waals surface area contributed by atoms with E-state index in [1.807, 2.05) is 18.2 Å². The summed E-state index contributed by atoms with van der Waals surface area (Å²) in [4.78, 5) is 41.6. The summed E-state index contributed by atoms with van der Waals surface area (Å²) >= 11 is 0. The van der Waals surface area contributed by atoms with Gasteiger partial charge in [-0.3, -0.25) is 24.8 Å². The van der Waals surface area contributed by atoms with Gasteiger partial charge < -0.3 is 4.98 Å². The summed E-state index contributed by atoms with van der Waals surface area (Å²) in [6, 6.07) is 9.53. The minimum atomic E-state index is -0.474. The summed E-state index contributed by atoms with van der Waals surface area (Å²) < 4.78 is 0.931. The molecule has 0 fully saturated rings. The fourth-order valence-corrected chi connectivity index (χ4v) is 1.91. The van der Waals surface area contributed by atoms with E-state index in [0.29, 0.717) is 0 Å². The van der Waals surface area contributed by atoms with Crippen LogP contribution in [-0.4, -0.2) is 25.7 Å². The number of aromatic amines is 2. The number of H-pyrrole nitrogens is 2. The number of carbonyl (C=O) groups is 1.